The molecule has 4 aromatic rings. The van der Waals surface area contributed by atoms with E-state index in [0.29, 0.717) is 25.9 Å². The van der Waals surface area contributed by atoms with Crippen LogP contribution in [0.4, 0.5) is 8.78 Å². The zero-order valence-electron chi connectivity index (χ0n) is 21.5. The number of hydrogen-bond acceptors (Lipinski definition) is 4. The number of halogens is 2. The van der Waals surface area contributed by atoms with Gasteiger partial charge in [-0.2, -0.15) is 0 Å². The number of H-pyrrole nitrogens is 2. The molecule has 0 aliphatic carbocycles. The van der Waals surface area contributed by atoms with Crippen LogP contribution in [0.2, 0.25) is 0 Å². The summed E-state index contributed by atoms with van der Waals surface area (Å²) in [6.45, 7) is 4.67. The number of carbonyl (C=O) groups excluding carboxylic acids is 3. The van der Waals surface area contributed by atoms with E-state index in [4.69, 9.17) is 0 Å². The van der Waals surface area contributed by atoms with Crippen molar-refractivity contribution in [3.8, 4) is 0 Å². The van der Waals surface area contributed by atoms with Gasteiger partial charge in [-0.3, -0.25) is 14.4 Å². The molecule has 0 radical (unpaired) electrons. The van der Waals surface area contributed by atoms with Crippen molar-refractivity contribution in [2.45, 2.75) is 44.8 Å². The molecule has 2 aromatic heterocycles. The summed E-state index contributed by atoms with van der Waals surface area (Å²) < 4.78 is 27.7. The van der Waals surface area contributed by atoms with Crippen molar-refractivity contribution in [3.63, 3.8) is 0 Å². The maximum Gasteiger partial charge on any atom is 0.290 e. The number of rotatable bonds is 6. The van der Waals surface area contributed by atoms with Crippen LogP contribution < -0.4 is 5.32 Å². The largest absolute Gasteiger partial charge is 0.350 e. The summed E-state index contributed by atoms with van der Waals surface area (Å²) in [6, 6.07) is 9.53. The van der Waals surface area contributed by atoms with Crippen LogP contribution in [0.25, 0.3) is 21.9 Å². The van der Waals surface area contributed by atoms with Crippen molar-refractivity contribution in [2.75, 3.05) is 13.1 Å². The second-order valence-electron chi connectivity index (χ2n) is 10.8. The molecule has 0 unspecified atom stereocenters. The number of nitrogens with zero attached hydrogens (tertiary/aromatic N) is 3. The maximum atomic E-state index is 14.1. The van der Waals surface area contributed by atoms with E-state index in [1.165, 1.54) is 6.07 Å². The molecule has 9 nitrogen and oxygen atoms in total. The molecule has 6 rings (SSSR count). The maximum absolute atomic E-state index is 14.1. The van der Waals surface area contributed by atoms with Gasteiger partial charge in [-0.05, 0) is 43.0 Å². The lowest BCUT2D eigenvalue weighted by atomic mass is 10.0. The van der Waals surface area contributed by atoms with Crippen molar-refractivity contribution in [1.82, 2.24) is 30.1 Å². The monoisotopic (exact) mass is 534 g/mol. The van der Waals surface area contributed by atoms with Crippen LogP contribution in [0.1, 0.15) is 47.8 Å². The summed E-state index contributed by atoms with van der Waals surface area (Å²) in [7, 11) is 0. The highest BCUT2D eigenvalue weighted by Crippen LogP contribution is 2.33. The second-order valence-corrected chi connectivity index (χ2v) is 10.8. The molecule has 2 bridgehead atoms. The molecule has 2 fully saturated rings. The minimum atomic E-state index is -0.802. The van der Waals surface area contributed by atoms with Crippen molar-refractivity contribution < 1.29 is 23.2 Å². The van der Waals surface area contributed by atoms with E-state index < -0.39 is 23.6 Å². The SMILES string of the molecule is CC(C)C[C@H](NC(=O)c1cc2c(F)cc(F)cc2[nH]1)C(=O)N1C[C@@H]2C[C@H]1CN2C(=O)c1nc2ccccc2[nH]1. The third-order valence-electron chi connectivity index (χ3n) is 7.58. The van der Waals surface area contributed by atoms with Crippen LogP contribution in [0.3, 0.4) is 0 Å². The Balaban J connectivity index is 1.16. The highest BCUT2D eigenvalue weighted by Gasteiger charge is 2.49. The lowest BCUT2D eigenvalue weighted by Crippen LogP contribution is -2.56. The first-order valence-electron chi connectivity index (χ1n) is 13.0. The lowest BCUT2D eigenvalue weighted by Gasteiger charge is -2.36. The predicted octanol–water partition coefficient (Wildman–Crippen LogP) is 3.59. The number of benzene rings is 2. The number of hydrogen-bond donors (Lipinski definition) is 3. The Morgan fingerprint density at radius 3 is 2.49 bits per heavy atom. The summed E-state index contributed by atoms with van der Waals surface area (Å²) in [5.41, 5.74) is 1.71. The number of nitrogens with one attached hydrogen (secondary N) is 3. The Bertz CT molecular complexity index is 1580. The van der Waals surface area contributed by atoms with Crippen LogP contribution in [0.5, 0.6) is 0 Å². The molecule has 4 heterocycles. The molecule has 0 spiro atoms. The summed E-state index contributed by atoms with van der Waals surface area (Å²) in [5, 5.41) is 2.89. The van der Waals surface area contributed by atoms with Gasteiger partial charge in [0.2, 0.25) is 5.91 Å². The molecule has 39 heavy (non-hydrogen) atoms. The van der Waals surface area contributed by atoms with Crippen LogP contribution in [0, 0.1) is 17.6 Å². The minimum absolute atomic E-state index is 0.0432. The molecular formula is C28H28F2N6O3. The van der Waals surface area contributed by atoms with E-state index in [1.54, 1.807) is 9.80 Å². The molecule has 202 valence electrons. The number of piperazine rings is 1. The molecular weight excluding hydrogens is 506 g/mol. The Hall–Kier alpha value is -4.28. The van der Waals surface area contributed by atoms with Crippen molar-refractivity contribution in [3.05, 3.63) is 65.6 Å². The Labute approximate surface area is 222 Å². The molecule has 0 saturated carbocycles. The number of amides is 3. The van der Waals surface area contributed by atoms with Gasteiger partial charge >= 0.3 is 0 Å². The zero-order valence-corrected chi connectivity index (χ0v) is 21.5. The van der Waals surface area contributed by atoms with Crippen LogP contribution >= 0.6 is 0 Å². The first-order chi connectivity index (χ1) is 18.7. The van der Waals surface area contributed by atoms with Gasteiger partial charge in [0.1, 0.15) is 23.4 Å². The first kappa shape index (κ1) is 25.0. The van der Waals surface area contributed by atoms with Gasteiger partial charge in [0.25, 0.3) is 11.8 Å². The van der Waals surface area contributed by atoms with Gasteiger partial charge < -0.3 is 25.1 Å². The van der Waals surface area contributed by atoms with E-state index in [2.05, 4.69) is 20.3 Å². The van der Waals surface area contributed by atoms with E-state index in [-0.39, 0.29) is 52.2 Å². The quantitative estimate of drug-likeness (QED) is 0.351. The number of para-hydroxylation sites is 2. The number of imidazole rings is 1. The van der Waals surface area contributed by atoms with Gasteiger partial charge in [0.05, 0.1) is 28.6 Å². The molecule has 3 atom stereocenters. The fourth-order valence-corrected chi connectivity index (χ4v) is 5.79. The van der Waals surface area contributed by atoms with Crippen molar-refractivity contribution >= 4 is 39.7 Å². The lowest BCUT2D eigenvalue weighted by molar-refractivity contribution is -0.135. The number of likely N-dealkylation sites (tertiary alicyclic amines) is 2. The van der Waals surface area contributed by atoms with Gasteiger partial charge in [-0.25, -0.2) is 13.8 Å². The van der Waals surface area contributed by atoms with E-state index >= 15 is 0 Å². The van der Waals surface area contributed by atoms with Gasteiger partial charge in [0, 0.05) is 24.5 Å². The highest BCUT2D eigenvalue weighted by molar-refractivity contribution is 6.00. The summed E-state index contributed by atoms with van der Waals surface area (Å²) >= 11 is 0. The van der Waals surface area contributed by atoms with E-state index in [9.17, 15) is 23.2 Å². The summed E-state index contributed by atoms with van der Waals surface area (Å²) in [5.74, 6) is -2.12. The number of carbonyl (C=O) groups is 3. The third-order valence-corrected chi connectivity index (χ3v) is 7.58. The molecule has 3 amide bonds. The average molecular weight is 535 g/mol. The third kappa shape index (κ3) is 4.51. The van der Waals surface area contributed by atoms with Gasteiger partial charge in [0.15, 0.2) is 5.82 Å². The van der Waals surface area contributed by atoms with Crippen LogP contribution in [-0.4, -0.2) is 73.7 Å². The molecule has 2 saturated heterocycles. The fourth-order valence-electron chi connectivity index (χ4n) is 5.79. The van der Waals surface area contributed by atoms with Crippen molar-refractivity contribution in [1.29, 1.82) is 0 Å². The smallest absolute Gasteiger partial charge is 0.290 e. The Kier molecular flexibility index (Phi) is 6.08. The number of aromatic amines is 2. The van der Waals surface area contributed by atoms with Gasteiger partial charge in [-0.1, -0.05) is 26.0 Å². The number of fused-ring (bicyclic) bond motifs is 4. The molecule has 11 heteroatoms. The van der Waals surface area contributed by atoms with Crippen LogP contribution in [0.15, 0.2) is 42.5 Å². The fraction of sp³-hybridized carbons (Fsp3) is 0.357. The molecule has 3 N–H and O–H groups in total. The predicted molar refractivity (Wildman–Crippen MR) is 140 cm³/mol. The minimum Gasteiger partial charge on any atom is -0.350 e. The second kappa shape index (κ2) is 9.48. The zero-order chi connectivity index (χ0) is 27.4. The molecule has 2 aromatic carbocycles. The Morgan fingerprint density at radius 1 is 1.03 bits per heavy atom. The average Bonchev–Trinajstić information content (AvgIpc) is 3.68. The standard InChI is InChI=1S/C28H28F2N6O3/c1-14(2)7-24(34-26(37)23-11-18-19(30)8-15(29)9-22(18)31-23)27(38)35-12-17-10-16(35)13-36(17)28(39)25-32-20-5-3-4-6-21(20)33-25/h3-6,8-9,11,14,16-17,24,31H,7,10,12-13H2,1-2H3,(H,32,33)(H,34,37)/t16-,17-,24-/m0/s1. The summed E-state index contributed by atoms with van der Waals surface area (Å²) in [4.78, 5) is 53.7. The normalized spacial score (nSPS) is 19.4. The molecule has 2 aliphatic heterocycles. The van der Waals surface area contributed by atoms with Crippen LogP contribution in [-0.2, 0) is 4.79 Å². The van der Waals surface area contributed by atoms with E-state index in [1.807, 2.05) is 38.1 Å². The highest BCUT2D eigenvalue weighted by atomic mass is 19.1. The number of aromatic nitrogens is 3. The topological polar surface area (TPSA) is 114 Å². The van der Waals surface area contributed by atoms with E-state index in [0.717, 1.165) is 23.2 Å². The van der Waals surface area contributed by atoms with Crippen molar-refractivity contribution in [2.24, 2.45) is 5.92 Å². The molecule has 2 aliphatic rings. The summed E-state index contributed by atoms with van der Waals surface area (Å²) in [6.07, 6.45) is 1.07. The Morgan fingerprint density at radius 2 is 1.77 bits per heavy atom. The first-order valence-corrected chi connectivity index (χ1v) is 13.0. The van der Waals surface area contributed by atoms with Gasteiger partial charge in [-0.15, -0.1) is 0 Å².